The van der Waals surface area contributed by atoms with Crippen LogP contribution in [0, 0.1) is 6.92 Å². The van der Waals surface area contributed by atoms with Crippen molar-refractivity contribution < 1.29 is 14.3 Å². The molecular formula is C24H23N3O3S. The van der Waals surface area contributed by atoms with E-state index >= 15 is 0 Å². The maximum Gasteiger partial charge on any atom is 0.235 e. The molecule has 0 atom stereocenters. The molecule has 0 saturated carbocycles. The molecule has 7 heteroatoms. The van der Waals surface area contributed by atoms with E-state index in [4.69, 9.17) is 14.5 Å². The third kappa shape index (κ3) is 4.51. The first-order valence-corrected chi connectivity index (χ1v) is 10.8. The topological polar surface area (TPSA) is 64.9 Å². The minimum absolute atomic E-state index is 0.0991. The largest absolute Gasteiger partial charge is 0.493 e. The fourth-order valence-electron chi connectivity index (χ4n) is 3.28. The SMILES string of the molecule is COc1ccc(-c2nc3cc(C)ccn3c2NC(=O)CSc2ccccc2)cc1OC. The van der Waals surface area contributed by atoms with Crippen LogP contribution in [0.3, 0.4) is 0 Å². The quantitative estimate of drug-likeness (QED) is 0.413. The van der Waals surface area contributed by atoms with Crippen LogP contribution in [0.5, 0.6) is 11.5 Å². The predicted molar refractivity (Wildman–Crippen MR) is 124 cm³/mol. The van der Waals surface area contributed by atoms with Gasteiger partial charge in [0.05, 0.1) is 20.0 Å². The van der Waals surface area contributed by atoms with Gasteiger partial charge in [0.25, 0.3) is 0 Å². The number of aryl methyl sites for hydroxylation is 1. The molecule has 0 aliphatic rings. The summed E-state index contributed by atoms with van der Waals surface area (Å²) in [5, 5.41) is 3.06. The van der Waals surface area contributed by atoms with Gasteiger partial charge in [-0.3, -0.25) is 9.20 Å². The van der Waals surface area contributed by atoms with Crippen molar-refractivity contribution in [3.8, 4) is 22.8 Å². The molecule has 0 spiro atoms. The van der Waals surface area contributed by atoms with Crippen LogP contribution in [-0.2, 0) is 4.79 Å². The molecule has 6 nitrogen and oxygen atoms in total. The molecule has 0 unspecified atom stereocenters. The van der Waals surface area contributed by atoms with Gasteiger partial charge in [0, 0.05) is 16.7 Å². The van der Waals surface area contributed by atoms with Gasteiger partial charge in [0.2, 0.25) is 5.91 Å². The number of carbonyl (C=O) groups is 1. The van der Waals surface area contributed by atoms with Crippen LogP contribution in [0.25, 0.3) is 16.9 Å². The number of methoxy groups -OCH3 is 2. The summed E-state index contributed by atoms with van der Waals surface area (Å²) in [7, 11) is 3.19. The average Bonchev–Trinajstić information content (AvgIpc) is 3.15. The zero-order chi connectivity index (χ0) is 21.8. The fraction of sp³-hybridized carbons (Fsp3) is 0.167. The van der Waals surface area contributed by atoms with E-state index in [0.29, 0.717) is 28.8 Å². The Labute approximate surface area is 185 Å². The monoisotopic (exact) mass is 433 g/mol. The molecule has 2 aromatic carbocycles. The lowest BCUT2D eigenvalue weighted by Crippen LogP contribution is -2.16. The first-order valence-electron chi connectivity index (χ1n) is 9.78. The number of anilines is 1. The number of imidazole rings is 1. The smallest absolute Gasteiger partial charge is 0.235 e. The number of carbonyl (C=O) groups excluding carboxylic acids is 1. The number of hydrogen-bond donors (Lipinski definition) is 1. The van der Waals surface area contributed by atoms with E-state index in [1.54, 1.807) is 14.2 Å². The summed E-state index contributed by atoms with van der Waals surface area (Å²) in [4.78, 5) is 18.6. The van der Waals surface area contributed by atoms with Crippen molar-refractivity contribution in [1.29, 1.82) is 0 Å². The summed E-state index contributed by atoms with van der Waals surface area (Å²) in [6.07, 6.45) is 1.92. The lowest BCUT2D eigenvalue weighted by atomic mass is 10.1. The first kappa shape index (κ1) is 20.8. The lowest BCUT2D eigenvalue weighted by Gasteiger charge is -2.11. The van der Waals surface area contributed by atoms with Crippen molar-refractivity contribution in [2.24, 2.45) is 0 Å². The molecule has 0 aliphatic heterocycles. The Balaban J connectivity index is 1.69. The van der Waals surface area contributed by atoms with Gasteiger partial charge in [-0.25, -0.2) is 4.98 Å². The Bertz CT molecular complexity index is 1220. The number of aromatic nitrogens is 2. The summed E-state index contributed by atoms with van der Waals surface area (Å²) in [5.41, 5.74) is 3.35. The molecule has 0 fully saturated rings. The van der Waals surface area contributed by atoms with Gasteiger partial charge >= 0.3 is 0 Å². The summed E-state index contributed by atoms with van der Waals surface area (Å²) in [6, 6.07) is 19.4. The van der Waals surface area contributed by atoms with Crippen LogP contribution in [0.1, 0.15) is 5.56 Å². The number of hydrogen-bond acceptors (Lipinski definition) is 5. The molecule has 0 aliphatic carbocycles. The summed E-state index contributed by atoms with van der Waals surface area (Å²) in [5.74, 6) is 2.06. The molecule has 0 radical (unpaired) electrons. The molecule has 31 heavy (non-hydrogen) atoms. The van der Waals surface area contributed by atoms with E-state index in [-0.39, 0.29) is 5.91 Å². The van der Waals surface area contributed by atoms with Crippen LogP contribution in [0.15, 0.2) is 71.8 Å². The van der Waals surface area contributed by atoms with Crippen LogP contribution in [0.4, 0.5) is 5.82 Å². The molecule has 4 rings (SSSR count). The minimum Gasteiger partial charge on any atom is -0.493 e. The van der Waals surface area contributed by atoms with Crippen LogP contribution in [-0.4, -0.2) is 35.3 Å². The van der Waals surface area contributed by atoms with Crippen molar-refractivity contribution in [2.75, 3.05) is 25.3 Å². The van der Waals surface area contributed by atoms with Gasteiger partial charge in [-0.1, -0.05) is 18.2 Å². The van der Waals surface area contributed by atoms with E-state index < -0.39 is 0 Å². The zero-order valence-electron chi connectivity index (χ0n) is 17.6. The van der Waals surface area contributed by atoms with Gasteiger partial charge in [-0.15, -0.1) is 11.8 Å². The number of nitrogens with one attached hydrogen (secondary N) is 1. The third-order valence-corrected chi connectivity index (χ3v) is 5.82. The molecule has 1 amide bonds. The molecule has 2 heterocycles. The highest BCUT2D eigenvalue weighted by molar-refractivity contribution is 8.00. The number of fused-ring (bicyclic) bond motifs is 1. The standard InChI is InChI=1S/C24H23N3O3S/c1-16-11-12-27-21(13-16)25-23(17-9-10-19(29-2)20(14-17)30-3)24(27)26-22(28)15-31-18-7-5-4-6-8-18/h4-14H,15H2,1-3H3,(H,26,28). The Hall–Kier alpha value is -3.45. The molecule has 4 aromatic rings. The van der Waals surface area contributed by atoms with Gasteiger partial charge in [-0.2, -0.15) is 0 Å². The number of amides is 1. The van der Waals surface area contributed by atoms with E-state index in [1.807, 2.05) is 78.2 Å². The van der Waals surface area contributed by atoms with Crippen LogP contribution in [0.2, 0.25) is 0 Å². The maximum atomic E-state index is 12.8. The molecule has 1 N–H and O–H groups in total. The lowest BCUT2D eigenvalue weighted by molar-refractivity contribution is -0.113. The van der Waals surface area contributed by atoms with Crippen molar-refractivity contribution in [3.05, 3.63) is 72.4 Å². The van der Waals surface area contributed by atoms with Crippen molar-refractivity contribution in [3.63, 3.8) is 0 Å². The van der Waals surface area contributed by atoms with Gasteiger partial charge in [0.1, 0.15) is 17.2 Å². The van der Waals surface area contributed by atoms with Crippen LogP contribution >= 0.6 is 11.8 Å². The first-order chi connectivity index (χ1) is 15.1. The van der Waals surface area contributed by atoms with Gasteiger partial charge < -0.3 is 14.8 Å². The third-order valence-electron chi connectivity index (χ3n) is 4.81. The number of thioether (sulfide) groups is 1. The number of pyridine rings is 1. The van der Waals surface area contributed by atoms with Crippen molar-refractivity contribution in [2.45, 2.75) is 11.8 Å². The number of benzene rings is 2. The van der Waals surface area contributed by atoms with E-state index in [1.165, 1.54) is 11.8 Å². The number of nitrogens with zero attached hydrogens (tertiary/aromatic N) is 2. The molecule has 158 valence electrons. The van der Waals surface area contributed by atoms with E-state index in [9.17, 15) is 4.79 Å². The summed E-state index contributed by atoms with van der Waals surface area (Å²) >= 11 is 1.49. The van der Waals surface area contributed by atoms with E-state index in [2.05, 4.69) is 5.32 Å². The van der Waals surface area contributed by atoms with Crippen LogP contribution < -0.4 is 14.8 Å². The second-order valence-corrected chi connectivity index (χ2v) is 8.01. The summed E-state index contributed by atoms with van der Waals surface area (Å²) < 4.78 is 12.7. The van der Waals surface area contributed by atoms with Crippen molar-refractivity contribution in [1.82, 2.24) is 9.38 Å². The highest BCUT2D eigenvalue weighted by Crippen LogP contribution is 2.35. The Morgan fingerprint density at radius 2 is 1.81 bits per heavy atom. The Kier molecular flexibility index (Phi) is 6.13. The number of ether oxygens (including phenoxy) is 2. The zero-order valence-corrected chi connectivity index (χ0v) is 18.4. The Morgan fingerprint density at radius 3 is 2.55 bits per heavy atom. The van der Waals surface area contributed by atoms with Crippen molar-refractivity contribution >= 4 is 29.1 Å². The maximum absolute atomic E-state index is 12.8. The van der Waals surface area contributed by atoms with Gasteiger partial charge in [0.15, 0.2) is 11.5 Å². The second kappa shape index (κ2) is 9.14. The normalized spacial score (nSPS) is 10.8. The second-order valence-electron chi connectivity index (χ2n) is 6.96. The minimum atomic E-state index is -0.0991. The molecule has 2 aromatic heterocycles. The van der Waals surface area contributed by atoms with Gasteiger partial charge in [-0.05, 0) is 55.0 Å². The average molecular weight is 434 g/mol. The Morgan fingerprint density at radius 1 is 1.03 bits per heavy atom. The predicted octanol–water partition coefficient (Wildman–Crippen LogP) is 5.06. The fourth-order valence-corrected chi connectivity index (χ4v) is 4.00. The highest BCUT2D eigenvalue weighted by atomic mass is 32.2. The highest BCUT2D eigenvalue weighted by Gasteiger charge is 2.18. The number of rotatable bonds is 7. The molecule has 0 saturated heterocycles. The van der Waals surface area contributed by atoms with E-state index in [0.717, 1.165) is 21.7 Å². The summed E-state index contributed by atoms with van der Waals surface area (Å²) in [6.45, 7) is 2.01. The molecule has 0 bridgehead atoms. The molecular weight excluding hydrogens is 410 g/mol.